The van der Waals surface area contributed by atoms with Crippen molar-refractivity contribution in [2.24, 2.45) is 0 Å². The van der Waals surface area contributed by atoms with Gasteiger partial charge in [-0.3, -0.25) is 9.59 Å². The number of nitrogens with one attached hydrogen (secondary N) is 1. The van der Waals surface area contributed by atoms with E-state index in [1.807, 2.05) is 83.1 Å². The lowest BCUT2D eigenvalue weighted by Gasteiger charge is -2.33. The maximum atomic E-state index is 13.3. The SMILES string of the molecule is CC[C@@H](C(=O)NC(C)(C)C)N(Cc1cccc(C)c1)C(=O)COc1ccc(C(C)C)cc1. The molecule has 0 aliphatic carbocycles. The highest BCUT2D eigenvalue weighted by Crippen LogP contribution is 2.19. The van der Waals surface area contributed by atoms with Gasteiger partial charge < -0.3 is 15.0 Å². The molecule has 0 saturated carbocycles. The number of rotatable bonds is 9. The first-order valence-corrected chi connectivity index (χ1v) is 11.4. The maximum Gasteiger partial charge on any atom is 0.261 e. The zero-order valence-corrected chi connectivity index (χ0v) is 20.6. The van der Waals surface area contributed by atoms with Gasteiger partial charge in [0.15, 0.2) is 6.61 Å². The summed E-state index contributed by atoms with van der Waals surface area (Å²) in [4.78, 5) is 27.9. The van der Waals surface area contributed by atoms with E-state index in [1.165, 1.54) is 5.56 Å². The lowest BCUT2D eigenvalue weighted by Crippen LogP contribution is -2.54. The number of carbonyl (C=O) groups excluding carboxylic acids is 2. The van der Waals surface area contributed by atoms with E-state index in [2.05, 4.69) is 19.2 Å². The average Bonchev–Trinajstić information content (AvgIpc) is 2.71. The number of benzene rings is 2. The predicted molar refractivity (Wildman–Crippen MR) is 130 cm³/mol. The molecule has 5 heteroatoms. The van der Waals surface area contributed by atoms with Crippen LogP contribution in [-0.2, 0) is 16.1 Å². The van der Waals surface area contributed by atoms with Crippen LogP contribution in [0.4, 0.5) is 0 Å². The average molecular weight is 439 g/mol. The molecule has 2 amide bonds. The molecule has 2 aromatic carbocycles. The van der Waals surface area contributed by atoms with Gasteiger partial charge in [-0.25, -0.2) is 0 Å². The molecule has 0 aliphatic heterocycles. The van der Waals surface area contributed by atoms with Crippen molar-refractivity contribution < 1.29 is 14.3 Å². The fraction of sp³-hybridized carbons (Fsp3) is 0.481. The zero-order valence-electron chi connectivity index (χ0n) is 20.6. The van der Waals surface area contributed by atoms with Gasteiger partial charge in [-0.15, -0.1) is 0 Å². The van der Waals surface area contributed by atoms with E-state index in [0.717, 1.165) is 11.1 Å². The molecule has 0 spiro atoms. The van der Waals surface area contributed by atoms with Crippen LogP contribution in [0.2, 0.25) is 0 Å². The third kappa shape index (κ3) is 7.70. The highest BCUT2D eigenvalue weighted by atomic mass is 16.5. The summed E-state index contributed by atoms with van der Waals surface area (Å²) in [6.45, 7) is 14.3. The Bertz CT molecular complexity index is 898. The summed E-state index contributed by atoms with van der Waals surface area (Å²) in [6, 6.07) is 15.2. The van der Waals surface area contributed by atoms with Gasteiger partial charge in [-0.2, -0.15) is 0 Å². The Balaban J connectivity index is 2.21. The Morgan fingerprint density at radius 2 is 1.72 bits per heavy atom. The number of carbonyl (C=O) groups is 2. The normalized spacial score (nSPS) is 12.4. The summed E-state index contributed by atoms with van der Waals surface area (Å²) < 4.78 is 5.80. The van der Waals surface area contributed by atoms with Crippen molar-refractivity contribution in [1.29, 1.82) is 0 Å². The van der Waals surface area contributed by atoms with Crippen molar-refractivity contribution in [2.75, 3.05) is 6.61 Å². The van der Waals surface area contributed by atoms with Crippen molar-refractivity contribution >= 4 is 11.8 Å². The molecule has 2 rings (SSSR count). The van der Waals surface area contributed by atoms with Crippen molar-refractivity contribution in [3.05, 3.63) is 65.2 Å². The minimum absolute atomic E-state index is 0.119. The summed E-state index contributed by atoms with van der Waals surface area (Å²) in [5, 5.41) is 3.02. The zero-order chi connectivity index (χ0) is 23.9. The molecule has 0 aromatic heterocycles. The molecule has 1 atom stereocenters. The molecule has 0 fully saturated rings. The first kappa shape index (κ1) is 25.4. The standard InChI is InChI=1S/C27H38N2O3/c1-8-24(26(31)28-27(5,6)7)29(17-21-11-9-10-20(4)16-21)25(30)18-32-23-14-12-22(13-15-23)19(2)3/h9-16,19,24H,8,17-18H2,1-7H3,(H,28,31)/t24-/m0/s1. The van der Waals surface area contributed by atoms with E-state index in [0.29, 0.717) is 24.6 Å². The minimum atomic E-state index is -0.575. The van der Waals surface area contributed by atoms with Gasteiger partial charge in [-0.1, -0.05) is 62.7 Å². The third-order valence-corrected chi connectivity index (χ3v) is 5.23. The third-order valence-electron chi connectivity index (χ3n) is 5.23. The van der Waals surface area contributed by atoms with Gasteiger partial charge in [-0.05, 0) is 63.3 Å². The Kier molecular flexibility index (Phi) is 8.88. The van der Waals surface area contributed by atoms with E-state index in [1.54, 1.807) is 4.90 Å². The van der Waals surface area contributed by atoms with Gasteiger partial charge in [0, 0.05) is 12.1 Å². The van der Waals surface area contributed by atoms with Crippen LogP contribution in [0, 0.1) is 6.92 Å². The van der Waals surface area contributed by atoms with Crippen molar-refractivity contribution in [1.82, 2.24) is 10.2 Å². The van der Waals surface area contributed by atoms with Crippen LogP contribution in [0.15, 0.2) is 48.5 Å². The predicted octanol–water partition coefficient (Wildman–Crippen LogP) is 5.22. The first-order valence-electron chi connectivity index (χ1n) is 11.4. The summed E-state index contributed by atoms with van der Waals surface area (Å²) in [7, 11) is 0. The van der Waals surface area contributed by atoms with Gasteiger partial charge >= 0.3 is 0 Å². The lowest BCUT2D eigenvalue weighted by atomic mass is 10.0. The summed E-state index contributed by atoms with van der Waals surface area (Å²) in [6.07, 6.45) is 0.516. The van der Waals surface area contributed by atoms with Crippen LogP contribution in [0.3, 0.4) is 0 Å². The number of nitrogens with zero attached hydrogens (tertiary/aromatic N) is 1. The van der Waals surface area contributed by atoms with Gasteiger partial charge in [0.25, 0.3) is 5.91 Å². The summed E-state index contributed by atoms with van der Waals surface area (Å²) in [5.41, 5.74) is 2.94. The van der Waals surface area contributed by atoms with Gasteiger partial charge in [0.1, 0.15) is 11.8 Å². The van der Waals surface area contributed by atoms with E-state index >= 15 is 0 Å². The van der Waals surface area contributed by atoms with E-state index in [9.17, 15) is 9.59 Å². The van der Waals surface area contributed by atoms with Crippen molar-refractivity contribution in [3.8, 4) is 5.75 Å². The van der Waals surface area contributed by atoms with Crippen molar-refractivity contribution in [2.45, 2.75) is 78.9 Å². The fourth-order valence-corrected chi connectivity index (χ4v) is 3.56. The Morgan fingerprint density at radius 3 is 2.25 bits per heavy atom. The Labute approximate surface area is 193 Å². The molecule has 0 aliphatic rings. The van der Waals surface area contributed by atoms with Crippen LogP contribution in [0.25, 0.3) is 0 Å². The Hall–Kier alpha value is -2.82. The molecular weight excluding hydrogens is 400 g/mol. The molecule has 32 heavy (non-hydrogen) atoms. The number of amides is 2. The van der Waals surface area contributed by atoms with E-state index in [-0.39, 0.29) is 24.0 Å². The molecule has 2 aromatic rings. The molecule has 0 heterocycles. The second kappa shape index (κ2) is 11.2. The summed E-state index contributed by atoms with van der Waals surface area (Å²) in [5.74, 6) is 0.713. The molecule has 0 bridgehead atoms. The fourth-order valence-electron chi connectivity index (χ4n) is 3.56. The topological polar surface area (TPSA) is 58.6 Å². The van der Waals surface area contributed by atoms with Crippen LogP contribution in [0.5, 0.6) is 5.75 Å². The van der Waals surface area contributed by atoms with E-state index < -0.39 is 6.04 Å². The minimum Gasteiger partial charge on any atom is -0.484 e. The molecule has 0 unspecified atom stereocenters. The molecular formula is C27H38N2O3. The molecule has 0 saturated heterocycles. The Morgan fingerprint density at radius 1 is 1.06 bits per heavy atom. The number of aryl methyl sites for hydroxylation is 1. The smallest absolute Gasteiger partial charge is 0.261 e. The molecule has 0 radical (unpaired) electrons. The van der Waals surface area contributed by atoms with E-state index in [4.69, 9.17) is 4.74 Å². The maximum absolute atomic E-state index is 13.3. The number of hydrogen-bond acceptors (Lipinski definition) is 3. The second-order valence-corrected chi connectivity index (χ2v) is 9.69. The first-order chi connectivity index (χ1) is 15.0. The van der Waals surface area contributed by atoms with Crippen LogP contribution in [0.1, 0.15) is 70.6 Å². The number of hydrogen-bond donors (Lipinski definition) is 1. The highest BCUT2D eigenvalue weighted by molar-refractivity contribution is 5.88. The molecule has 174 valence electrons. The lowest BCUT2D eigenvalue weighted by molar-refractivity contribution is -0.143. The van der Waals surface area contributed by atoms with Crippen LogP contribution < -0.4 is 10.1 Å². The molecule has 1 N–H and O–H groups in total. The monoisotopic (exact) mass is 438 g/mol. The second-order valence-electron chi connectivity index (χ2n) is 9.69. The van der Waals surface area contributed by atoms with Crippen LogP contribution in [-0.4, -0.2) is 34.9 Å². The van der Waals surface area contributed by atoms with Crippen LogP contribution >= 0.6 is 0 Å². The number of ether oxygens (including phenoxy) is 1. The van der Waals surface area contributed by atoms with Gasteiger partial charge in [0.2, 0.25) is 5.91 Å². The molecule has 5 nitrogen and oxygen atoms in total. The largest absolute Gasteiger partial charge is 0.484 e. The van der Waals surface area contributed by atoms with Crippen molar-refractivity contribution in [3.63, 3.8) is 0 Å². The summed E-state index contributed by atoms with van der Waals surface area (Å²) >= 11 is 0. The van der Waals surface area contributed by atoms with Gasteiger partial charge in [0.05, 0.1) is 0 Å². The highest BCUT2D eigenvalue weighted by Gasteiger charge is 2.30. The quantitative estimate of drug-likeness (QED) is 0.584.